The molecule has 3 amide bonds. The molecule has 0 aromatic rings. The second-order valence-electron chi connectivity index (χ2n) is 5.05. The van der Waals surface area contributed by atoms with Gasteiger partial charge in [0.1, 0.15) is 12.6 Å². The van der Waals surface area contributed by atoms with Gasteiger partial charge in [-0.1, -0.05) is 20.3 Å². The summed E-state index contributed by atoms with van der Waals surface area (Å²) in [5.74, 6) is -2.90. The molecule has 3 atom stereocenters. The zero-order valence-corrected chi connectivity index (χ0v) is 14.1. The van der Waals surface area contributed by atoms with E-state index >= 15 is 0 Å². The highest BCUT2D eigenvalue weighted by Gasteiger charge is 2.27. The van der Waals surface area contributed by atoms with E-state index in [0.717, 1.165) is 0 Å². The van der Waals surface area contributed by atoms with Crippen molar-refractivity contribution in [3.05, 3.63) is 0 Å². The van der Waals surface area contributed by atoms with Crippen LogP contribution in [0, 0.1) is 5.92 Å². The van der Waals surface area contributed by atoms with Gasteiger partial charge in [0.15, 0.2) is 0 Å². The maximum atomic E-state index is 12.2. The van der Waals surface area contributed by atoms with Crippen LogP contribution in [-0.2, 0) is 19.2 Å². The number of carbonyl (C=O) groups is 4. The lowest BCUT2D eigenvalue weighted by molar-refractivity contribution is -0.138. The topological polar surface area (TPSA) is 151 Å². The summed E-state index contributed by atoms with van der Waals surface area (Å²) in [7, 11) is 0. The minimum atomic E-state index is -1.19. The molecule has 9 nitrogen and oxygen atoms in total. The quantitative estimate of drug-likeness (QED) is 0.254. The summed E-state index contributed by atoms with van der Waals surface area (Å²) in [4.78, 5) is 45.7. The summed E-state index contributed by atoms with van der Waals surface area (Å²) in [6.45, 7) is 2.72. The lowest BCUT2D eigenvalue weighted by Gasteiger charge is -2.24. The number of rotatable bonds is 10. The monoisotopic (exact) mass is 348 g/mol. The van der Waals surface area contributed by atoms with E-state index in [1.165, 1.54) is 0 Å². The van der Waals surface area contributed by atoms with Crippen LogP contribution in [0.2, 0.25) is 0 Å². The van der Waals surface area contributed by atoms with E-state index in [4.69, 9.17) is 10.8 Å². The van der Waals surface area contributed by atoms with Gasteiger partial charge in [0.2, 0.25) is 17.7 Å². The molecule has 0 heterocycles. The van der Waals surface area contributed by atoms with Crippen molar-refractivity contribution in [3.63, 3.8) is 0 Å². The molecule has 132 valence electrons. The molecular weight excluding hydrogens is 324 g/mol. The van der Waals surface area contributed by atoms with Gasteiger partial charge in [-0.05, 0) is 5.92 Å². The number of hydrogen-bond donors (Lipinski definition) is 6. The predicted molar refractivity (Wildman–Crippen MR) is 86.9 cm³/mol. The number of aliphatic carboxylic acids is 1. The second-order valence-corrected chi connectivity index (χ2v) is 5.41. The average molecular weight is 348 g/mol. The van der Waals surface area contributed by atoms with Gasteiger partial charge >= 0.3 is 5.97 Å². The zero-order valence-electron chi connectivity index (χ0n) is 13.2. The first kappa shape index (κ1) is 21.2. The Bertz CT molecular complexity index is 446. The van der Waals surface area contributed by atoms with Crippen molar-refractivity contribution >= 4 is 36.3 Å². The summed E-state index contributed by atoms with van der Waals surface area (Å²) < 4.78 is 0. The molecule has 6 N–H and O–H groups in total. The van der Waals surface area contributed by atoms with Crippen molar-refractivity contribution in [2.75, 3.05) is 18.8 Å². The Labute approximate surface area is 140 Å². The fourth-order valence-corrected chi connectivity index (χ4v) is 1.73. The van der Waals surface area contributed by atoms with Gasteiger partial charge < -0.3 is 26.8 Å². The predicted octanol–water partition coefficient (Wildman–Crippen LogP) is -1.91. The number of amides is 3. The van der Waals surface area contributed by atoms with Crippen LogP contribution in [0.4, 0.5) is 0 Å². The van der Waals surface area contributed by atoms with E-state index in [1.54, 1.807) is 6.92 Å². The minimum Gasteiger partial charge on any atom is -0.480 e. The van der Waals surface area contributed by atoms with Gasteiger partial charge in [-0.2, -0.15) is 12.6 Å². The maximum Gasteiger partial charge on any atom is 0.322 e. The molecule has 23 heavy (non-hydrogen) atoms. The summed E-state index contributed by atoms with van der Waals surface area (Å²) >= 11 is 3.92. The van der Waals surface area contributed by atoms with E-state index in [0.29, 0.717) is 6.42 Å². The number of carbonyl (C=O) groups excluding carboxylic acids is 3. The Balaban J connectivity index is 4.61. The van der Waals surface area contributed by atoms with E-state index in [2.05, 4.69) is 28.6 Å². The van der Waals surface area contributed by atoms with E-state index in [-0.39, 0.29) is 18.2 Å². The molecule has 0 aromatic heterocycles. The molecule has 0 aromatic carbocycles. The van der Waals surface area contributed by atoms with E-state index in [9.17, 15) is 19.2 Å². The Morgan fingerprint density at radius 3 is 2.22 bits per heavy atom. The molecule has 0 aliphatic carbocycles. The molecule has 0 rings (SSSR count). The van der Waals surface area contributed by atoms with Crippen LogP contribution in [0.5, 0.6) is 0 Å². The first-order chi connectivity index (χ1) is 10.7. The van der Waals surface area contributed by atoms with Crippen LogP contribution in [-0.4, -0.2) is 59.7 Å². The van der Waals surface area contributed by atoms with Gasteiger partial charge in [-0.15, -0.1) is 0 Å². The molecule has 0 radical (unpaired) electrons. The van der Waals surface area contributed by atoms with Crippen molar-refractivity contribution < 1.29 is 24.3 Å². The molecule has 10 heteroatoms. The Hall–Kier alpha value is -1.81. The maximum absolute atomic E-state index is 12.2. The Morgan fingerprint density at radius 2 is 1.74 bits per heavy atom. The Kier molecular flexibility index (Phi) is 9.99. The van der Waals surface area contributed by atoms with Crippen molar-refractivity contribution in [1.82, 2.24) is 16.0 Å². The van der Waals surface area contributed by atoms with Crippen LogP contribution in [0.1, 0.15) is 20.3 Å². The summed E-state index contributed by atoms with van der Waals surface area (Å²) in [5, 5.41) is 15.5. The highest BCUT2D eigenvalue weighted by atomic mass is 32.1. The zero-order chi connectivity index (χ0) is 18.0. The van der Waals surface area contributed by atoms with E-state index in [1.807, 2.05) is 6.92 Å². The lowest BCUT2D eigenvalue weighted by atomic mass is 9.98. The van der Waals surface area contributed by atoms with Crippen molar-refractivity contribution in [2.24, 2.45) is 11.7 Å². The third-order valence-electron chi connectivity index (χ3n) is 3.19. The van der Waals surface area contributed by atoms with Crippen LogP contribution in [0.3, 0.4) is 0 Å². The van der Waals surface area contributed by atoms with Gasteiger partial charge in [0, 0.05) is 5.75 Å². The van der Waals surface area contributed by atoms with Crippen LogP contribution < -0.4 is 21.7 Å². The SMILES string of the molecule is CCC(C)C(NC(=O)C(N)CS)C(=O)NCC(=O)NCC(=O)O. The summed E-state index contributed by atoms with van der Waals surface area (Å²) in [6.07, 6.45) is 0.625. The first-order valence-corrected chi connectivity index (χ1v) is 7.79. The standard InChI is InChI=1S/C13H24N4O5S/c1-3-7(2)11(17-12(21)8(14)6-23)13(22)16-4-9(18)15-5-10(19)20/h7-8,11,23H,3-6,14H2,1-2H3,(H,15,18)(H,16,22)(H,17,21)(H,19,20). The average Bonchev–Trinajstić information content (AvgIpc) is 2.53. The van der Waals surface area contributed by atoms with Crippen molar-refractivity contribution in [1.29, 1.82) is 0 Å². The number of nitrogens with one attached hydrogen (secondary N) is 3. The first-order valence-electron chi connectivity index (χ1n) is 7.15. The molecule has 0 saturated carbocycles. The second kappa shape index (κ2) is 10.8. The molecule has 0 bridgehead atoms. The number of hydrogen-bond acceptors (Lipinski definition) is 6. The van der Waals surface area contributed by atoms with Crippen LogP contribution in [0.15, 0.2) is 0 Å². The molecule has 0 aliphatic heterocycles. The van der Waals surface area contributed by atoms with Gasteiger partial charge in [0.25, 0.3) is 0 Å². The highest BCUT2D eigenvalue weighted by Crippen LogP contribution is 2.08. The molecular formula is C13H24N4O5S. The molecule has 0 saturated heterocycles. The fourth-order valence-electron chi connectivity index (χ4n) is 1.56. The van der Waals surface area contributed by atoms with Gasteiger partial charge in [0.05, 0.1) is 12.6 Å². The third kappa shape index (κ3) is 8.41. The molecule has 0 spiro atoms. The molecule has 0 fully saturated rings. The largest absolute Gasteiger partial charge is 0.480 e. The number of thiol groups is 1. The smallest absolute Gasteiger partial charge is 0.322 e. The Morgan fingerprint density at radius 1 is 1.13 bits per heavy atom. The van der Waals surface area contributed by atoms with Crippen molar-refractivity contribution in [2.45, 2.75) is 32.4 Å². The summed E-state index contributed by atoms with van der Waals surface area (Å²) in [6, 6.07) is -1.68. The fraction of sp³-hybridized carbons (Fsp3) is 0.692. The lowest BCUT2D eigenvalue weighted by Crippen LogP contribution is -2.55. The van der Waals surface area contributed by atoms with Gasteiger partial charge in [-0.25, -0.2) is 0 Å². The highest BCUT2D eigenvalue weighted by molar-refractivity contribution is 7.80. The summed E-state index contributed by atoms with van der Waals surface area (Å²) in [5.41, 5.74) is 5.56. The number of nitrogens with two attached hydrogens (primary N) is 1. The van der Waals surface area contributed by atoms with Gasteiger partial charge in [-0.3, -0.25) is 19.2 Å². The third-order valence-corrected chi connectivity index (χ3v) is 3.58. The van der Waals surface area contributed by atoms with Crippen LogP contribution in [0.25, 0.3) is 0 Å². The number of carboxylic acids is 1. The molecule has 0 aliphatic rings. The van der Waals surface area contributed by atoms with Crippen LogP contribution >= 0.6 is 12.6 Å². The number of carboxylic acid groups (broad SMARTS) is 1. The van der Waals surface area contributed by atoms with E-state index < -0.39 is 42.3 Å². The van der Waals surface area contributed by atoms with Crippen molar-refractivity contribution in [3.8, 4) is 0 Å². The minimum absolute atomic E-state index is 0.137. The normalized spacial score (nSPS) is 14.3. The molecule has 3 unspecified atom stereocenters.